The van der Waals surface area contributed by atoms with Gasteiger partial charge in [0.15, 0.2) is 0 Å². The van der Waals surface area contributed by atoms with Gasteiger partial charge in [0.05, 0.1) is 0 Å². The minimum absolute atomic E-state index is 0.0822. The topological polar surface area (TPSA) is 38.0 Å². The summed E-state index contributed by atoms with van der Waals surface area (Å²) in [5.41, 5.74) is 3.62. The van der Waals surface area contributed by atoms with E-state index in [1.807, 2.05) is 6.07 Å². The average molecular weight is 303 g/mol. The lowest BCUT2D eigenvalue weighted by molar-refractivity contribution is 0.307. The molecule has 96 valence electrons. The maximum absolute atomic E-state index is 13.6. The molecule has 0 heterocycles. The van der Waals surface area contributed by atoms with E-state index in [9.17, 15) is 4.39 Å². The van der Waals surface area contributed by atoms with Crippen LogP contribution in [0, 0.1) is 11.2 Å². The van der Waals surface area contributed by atoms with Crippen LogP contribution >= 0.6 is 15.9 Å². The van der Waals surface area contributed by atoms with Crippen molar-refractivity contribution in [3.05, 3.63) is 34.1 Å². The normalized spacial score (nSPS) is 13.8. The van der Waals surface area contributed by atoms with Gasteiger partial charge >= 0.3 is 0 Å². The van der Waals surface area contributed by atoms with Crippen LogP contribution in [-0.4, -0.2) is 6.04 Å². The molecule has 0 amide bonds. The number of hydrogen-bond donors (Lipinski definition) is 2. The molecule has 0 saturated heterocycles. The number of rotatable bonds is 4. The molecule has 0 aliphatic rings. The van der Waals surface area contributed by atoms with Crippen LogP contribution in [0.1, 0.15) is 32.8 Å². The van der Waals surface area contributed by atoms with Crippen molar-refractivity contribution in [3.8, 4) is 0 Å². The van der Waals surface area contributed by atoms with Gasteiger partial charge in [-0.25, -0.2) is 4.39 Å². The first-order chi connectivity index (χ1) is 7.81. The van der Waals surface area contributed by atoms with Crippen LogP contribution < -0.4 is 11.3 Å². The van der Waals surface area contributed by atoms with E-state index in [1.54, 1.807) is 6.07 Å². The first-order valence-electron chi connectivity index (χ1n) is 5.72. The maximum atomic E-state index is 13.6. The summed E-state index contributed by atoms with van der Waals surface area (Å²) >= 11 is 3.35. The standard InChI is InChI=1S/C13H20BrFN2/c1-13(2,3)8-11(17-16)7-9-6-10(14)4-5-12(9)15/h4-6,11,17H,7-8,16H2,1-3H3. The molecule has 2 nitrogen and oxygen atoms in total. The monoisotopic (exact) mass is 302 g/mol. The van der Waals surface area contributed by atoms with E-state index in [0.29, 0.717) is 12.0 Å². The second-order valence-corrected chi connectivity index (χ2v) is 6.48. The molecule has 0 aromatic heterocycles. The molecule has 0 fully saturated rings. The fraction of sp³-hybridized carbons (Fsp3) is 0.538. The Morgan fingerprint density at radius 2 is 2.06 bits per heavy atom. The molecule has 1 aromatic carbocycles. The molecule has 0 bridgehead atoms. The summed E-state index contributed by atoms with van der Waals surface area (Å²) in [6.45, 7) is 6.44. The molecule has 0 aliphatic heterocycles. The Balaban J connectivity index is 2.77. The molecule has 1 unspecified atom stereocenters. The van der Waals surface area contributed by atoms with Crippen molar-refractivity contribution >= 4 is 15.9 Å². The van der Waals surface area contributed by atoms with Gasteiger partial charge in [0, 0.05) is 10.5 Å². The number of halogens is 2. The van der Waals surface area contributed by atoms with Gasteiger partial charge in [0.1, 0.15) is 5.82 Å². The molecule has 17 heavy (non-hydrogen) atoms. The van der Waals surface area contributed by atoms with E-state index in [0.717, 1.165) is 10.9 Å². The molecule has 0 saturated carbocycles. The third kappa shape index (κ3) is 5.15. The second kappa shape index (κ2) is 5.94. The molecule has 1 rings (SSSR count). The van der Waals surface area contributed by atoms with Crippen LogP contribution in [0.4, 0.5) is 4.39 Å². The van der Waals surface area contributed by atoms with Gasteiger partial charge in [0.25, 0.3) is 0 Å². The second-order valence-electron chi connectivity index (χ2n) is 5.57. The molecule has 0 radical (unpaired) electrons. The first kappa shape index (κ1) is 14.6. The van der Waals surface area contributed by atoms with Crippen molar-refractivity contribution < 1.29 is 4.39 Å². The van der Waals surface area contributed by atoms with Crippen LogP contribution in [0.15, 0.2) is 22.7 Å². The van der Waals surface area contributed by atoms with Crippen LogP contribution in [-0.2, 0) is 6.42 Å². The van der Waals surface area contributed by atoms with E-state index < -0.39 is 0 Å². The number of nitrogens with two attached hydrogens (primary N) is 1. The number of nitrogens with one attached hydrogen (secondary N) is 1. The van der Waals surface area contributed by atoms with Crippen LogP contribution in [0.3, 0.4) is 0 Å². The van der Waals surface area contributed by atoms with Gasteiger partial charge in [-0.05, 0) is 42.0 Å². The summed E-state index contributed by atoms with van der Waals surface area (Å²) in [6, 6.07) is 5.07. The van der Waals surface area contributed by atoms with E-state index in [4.69, 9.17) is 5.84 Å². The van der Waals surface area contributed by atoms with E-state index >= 15 is 0 Å². The SMILES string of the molecule is CC(C)(C)CC(Cc1cc(Br)ccc1F)NN. The molecular formula is C13H20BrFN2. The van der Waals surface area contributed by atoms with Gasteiger partial charge in [-0.1, -0.05) is 36.7 Å². The van der Waals surface area contributed by atoms with Crippen molar-refractivity contribution in [2.75, 3.05) is 0 Å². The third-order valence-electron chi connectivity index (χ3n) is 2.57. The summed E-state index contributed by atoms with van der Waals surface area (Å²) in [4.78, 5) is 0. The molecule has 1 aromatic rings. The van der Waals surface area contributed by atoms with Crippen molar-refractivity contribution in [2.24, 2.45) is 11.3 Å². The van der Waals surface area contributed by atoms with Gasteiger partial charge in [-0.2, -0.15) is 0 Å². The summed E-state index contributed by atoms with van der Waals surface area (Å²) in [5.74, 6) is 5.35. The zero-order chi connectivity index (χ0) is 13.1. The predicted octanol–water partition coefficient (Wildman–Crippen LogP) is 3.40. The number of hydrazine groups is 1. The number of hydrogen-bond acceptors (Lipinski definition) is 2. The average Bonchev–Trinajstić information content (AvgIpc) is 2.20. The Labute approximate surface area is 111 Å². The summed E-state index contributed by atoms with van der Waals surface area (Å²) in [5, 5.41) is 0. The Kier molecular flexibility index (Phi) is 5.10. The highest BCUT2D eigenvalue weighted by atomic mass is 79.9. The van der Waals surface area contributed by atoms with Gasteiger partial charge in [-0.3, -0.25) is 11.3 Å². The Morgan fingerprint density at radius 3 is 2.59 bits per heavy atom. The first-order valence-corrected chi connectivity index (χ1v) is 6.51. The maximum Gasteiger partial charge on any atom is 0.126 e. The summed E-state index contributed by atoms with van der Waals surface area (Å²) < 4.78 is 14.5. The lowest BCUT2D eigenvalue weighted by Crippen LogP contribution is -2.39. The molecule has 4 heteroatoms. The zero-order valence-electron chi connectivity index (χ0n) is 10.6. The fourth-order valence-corrected chi connectivity index (χ4v) is 2.30. The van der Waals surface area contributed by atoms with E-state index in [2.05, 4.69) is 42.1 Å². The van der Waals surface area contributed by atoms with Crippen LogP contribution in [0.25, 0.3) is 0 Å². The minimum atomic E-state index is -0.178. The van der Waals surface area contributed by atoms with E-state index in [-0.39, 0.29) is 17.3 Å². The quantitative estimate of drug-likeness (QED) is 0.661. The molecule has 0 spiro atoms. The lowest BCUT2D eigenvalue weighted by Gasteiger charge is -2.25. The Morgan fingerprint density at radius 1 is 1.41 bits per heavy atom. The number of benzene rings is 1. The predicted molar refractivity (Wildman–Crippen MR) is 73.0 cm³/mol. The van der Waals surface area contributed by atoms with Crippen molar-refractivity contribution in [3.63, 3.8) is 0 Å². The molecule has 1 atom stereocenters. The highest BCUT2D eigenvalue weighted by Crippen LogP contribution is 2.24. The third-order valence-corrected chi connectivity index (χ3v) is 3.06. The fourth-order valence-electron chi connectivity index (χ4n) is 1.89. The van der Waals surface area contributed by atoms with E-state index in [1.165, 1.54) is 6.07 Å². The smallest absolute Gasteiger partial charge is 0.126 e. The Bertz CT molecular complexity index is 374. The lowest BCUT2D eigenvalue weighted by atomic mass is 9.86. The van der Waals surface area contributed by atoms with Crippen molar-refractivity contribution in [1.29, 1.82) is 0 Å². The van der Waals surface area contributed by atoms with Gasteiger partial charge in [-0.15, -0.1) is 0 Å². The van der Waals surface area contributed by atoms with Crippen LogP contribution in [0.5, 0.6) is 0 Å². The van der Waals surface area contributed by atoms with Crippen LogP contribution in [0.2, 0.25) is 0 Å². The minimum Gasteiger partial charge on any atom is -0.271 e. The largest absolute Gasteiger partial charge is 0.271 e. The molecule has 3 N–H and O–H groups in total. The van der Waals surface area contributed by atoms with Gasteiger partial charge in [0.2, 0.25) is 0 Å². The summed E-state index contributed by atoms with van der Waals surface area (Å²) in [7, 11) is 0. The van der Waals surface area contributed by atoms with Gasteiger partial charge < -0.3 is 0 Å². The van der Waals surface area contributed by atoms with Crippen molar-refractivity contribution in [2.45, 2.75) is 39.7 Å². The van der Waals surface area contributed by atoms with Crippen molar-refractivity contribution in [1.82, 2.24) is 5.43 Å². The molecule has 0 aliphatic carbocycles. The Hall–Kier alpha value is -0.450. The zero-order valence-corrected chi connectivity index (χ0v) is 12.1. The highest BCUT2D eigenvalue weighted by molar-refractivity contribution is 9.10. The molecular weight excluding hydrogens is 283 g/mol. The highest BCUT2D eigenvalue weighted by Gasteiger charge is 2.19. The summed E-state index contributed by atoms with van der Waals surface area (Å²) in [6.07, 6.45) is 1.49.